The maximum Gasteiger partial charge on any atom is 0.265 e. The summed E-state index contributed by atoms with van der Waals surface area (Å²) >= 11 is 15.4. The highest BCUT2D eigenvalue weighted by Gasteiger charge is 2.26. The lowest BCUT2D eigenvalue weighted by molar-refractivity contribution is 0.414. The summed E-state index contributed by atoms with van der Waals surface area (Å²) in [5.41, 5.74) is 0.506. The summed E-state index contributed by atoms with van der Waals surface area (Å²) in [7, 11) is -0.955. The van der Waals surface area contributed by atoms with Gasteiger partial charge in [-0.05, 0) is 36.4 Å². The van der Waals surface area contributed by atoms with Crippen LogP contribution in [-0.4, -0.2) is 22.6 Å². The number of ether oxygens (including phenoxy) is 1. The predicted octanol–water partition coefficient (Wildman–Crippen LogP) is 4.59. The fourth-order valence-electron chi connectivity index (χ4n) is 1.81. The third-order valence-corrected chi connectivity index (χ3v) is 6.39. The van der Waals surface area contributed by atoms with E-state index >= 15 is 0 Å². The summed E-state index contributed by atoms with van der Waals surface area (Å²) < 4.78 is 32.5. The first-order valence-corrected chi connectivity index (χ1v) is 9.04. The van der Waals surface area contributed by atoms with Gasteiger partial charge in [-0.15, -0.1) is 0 Å². The Bertz CT molecular complexity index is 794. The van der Waals surface area contributed by atoms with Gasteiger partial charge in [-0.1, -0.05) is 39.1 Å². The smallest absolute Gasteiger partial charge is 0.265 e. The monoisotopic (exact) mass is 423 g/mol. The minimum atomic E-state index is -3.84. The second kappa shape index (κ2) is 6.66. The molecule has 0 aliphatic carbocycles. The minimum absolute atomic E-state index is 0.0643. The predicted molar refractivity (Wildman–Crippen MR) is 92.7 cm³/mol. The molecular weight excluding hydrogens is 413 g/mol. The quantitative estimate of drug-likeness (QED) is 0.720. The second-order valence-electron chi connectivity index (χ2n) is 4.34. The zero-order valence-electron chi connectivity index (χ0n) is 11.7. The van der Waals surface area contributed by atoms with Crippen LogP contribution in [0.1, 0.15) is 0 Å². The first-order chi connectivity index (χ1) is 10.3. The summed E-state index contributed by atoms with van der Waals surface area (Å²) in [6.07, 6.45) is 0. The number of hydrogen-bond acceptors (Lipinski definition) is 3. The summed E-state index contributed by atoms with van der Waals surface area (Å²) in [5, 5.41) is -0.000531. The van der Waals surface area contributed by atoms with Gasteiger partial charge in [0.1, 0.15) is 15.7 Å². The molecule has 0 saturated carbocycles. The summed E-state index contributed by atoms with van der Waals surface area (Å²) in [5.74, 6) is 0.317. The molecule has 0 heterocycles. The van der Waals surface area contributed by atoms with E-state index in [1.54, 1.807) is 24.3 Å². The lowest BCUT2D eigenvalue weighted by Crippen LogP contribution is -2.26. The molecule has 0 radical (unpaired) electrons. The Labute approximate surface area is 147 Å². The first kappa shape index (κ1) is 17.4. The van der Waals surface area contributed by atoms with Gasteiger partial charge in [-0.25, -0.2) is 8.42 Å². The van der Waals surface area contributed by atoms with Gasteiger partial charge in [0.2, 0.25) is 0 Å². The van der Waals surface area contributed by atoms with Crippen molar-refractivity contribution in [1.29, 1.82) is 0 Å². The van der Waals surface area contributed by atoms with Crippen molar-refractivity contribution in [3.8, 4) is 5.75 Å². The Balaban J connectivity index is 2.51. The molecular formula is C14H12BrCl2NO3S. The van der Waals surface area contributed by atoms with Crippen molar-refractivity contribution in [1.82, 2.24) is 0 Å². The molecule has 2 aromatic carbocycles. The van der Waals surface area contributed by atoms with Crippen molar-refractivity contribution in [2.45, 2.75) is 4.90 Å². The van der Waals surface area contributed by atoms with Gasteiger partial charge in [0, 0.05) is 11.5 Å². The molecule has 4 nitrogen and oxygen atoms in total. The van der Waals surface area contributed by atoms with Crippen LogP contribution in [0, 0.1) is 0 Å². The van der Waals surface area contributed by atoms with Crippen molar-refractivity contribution in [3.63, 3.8) is 0 Å². The molecule has 22 heavy (non-hydrogen) atoms. The van der Waals surface area contributed by atoms with Crippen LogP contribution in [-0.2, 0) is 10.0 Å². The zero-order valence-corrected chi connectivity index (χ0v) is 15.6. The maximum absolute atomic E-state index is 12.7. The number of sulfonamides is 1. The van der Waals surface area contributed by atoms with Gasteiger partial charge in [0.05, 0.1) is 17.8 Å². The number of halogens is 3. The first-order valence-electron chi connectivity index (χ1n) is 6.05. The number of methoxy groups -OCH3 is 1. The lowest BCUT2D eigenvalue weighted by Gasteiger charge is -2.21. The molecule has 0 unspecified atom stereocenters. The molecule has 0 spiro atoms. The van der Waals surface area contributed by atoms with Crippen molar-refractivity contribution >= 4 is 54.8 Å². The van der Waals surface area contributed by atoms with Crippen molar-refractivity contribution in [2.24, 2.45) is 0 Å². The molecule has 0 bridgehead atoms. The summed E-state index contributed by atoms with van der Waals surface area (Å²) in [4.78, 5) is -0.0783. The molecule has 0 amide bonds. The standard InChI is InChI=1S/C14H12BrCl2NO3S/c1-18(10-5-3-9(15)4-6-10)22(19,20)12-8-7-11(21-2)13(16)14(12)17/h3-8H,1-2H3. The zero-order chi connectivity index (χ0) is 16.5. The molecule has 118 valence electrons. The Morgan fingerprint density at radius 3 is 2.18 bits per heavy atom. The molecule has 0 aliphatic heterocycles. The highest BCUT2D eigenvalue weighted by Crippen LogP contribution is 2.38. The van der Waals surface area contributed by atoms with E-state index in [-0.39, 0.29) is 14.9 Å². The third-order valence-electron chi connectivity index (χ3n) is 3.06. The van der Waals surface area contributed by atoms with Gasteiger partial charge in [-0.3, -0.25) is 4.31 Å². The van der Waals surface area contributed by atoms with Gasteiger partial charge in [0.15, 0.2) is 0 Å². The molecule has 2 rings (SSSR count). The van der Waals surface area contributed by atoms with Gasteiger partial charge in [0.25, 0.3) is 10.0 Å². The second-order valence-corrected chi connectivity index (χ2v) is 7.95. The Morgan fingerprint density at radius 1 is 1.05 bits per heavy atom. The lowest BCUT2D eigenvalue weighted by atomic mass is 10.3. The van der Waals surface area contributed by atoms with E-state index in [9.17, 15) is 8.42 Å². The van der Waals surface area contributed by atoms with E-state index in [1.165, 1.54) is 26.3 Å². The normalized spacial score (nSPS) is 11.3. The Hall–Kier alpha value is -0.950. The molecule has 0 aliphatic rings. The van der Waals surface area contributed by atoms with E-state index in [4.69, 9.17) is 27.9 Å². The van der Waals surface area contributed by atoms with Crippen LogP contribution < -0.4 is 9.04 Å². The van der Waals surface area contributed by atoms with Crippen LogP contribution in [0.2, 0.25) is 10.0 Å². The van der Waals surface area contributed by atoms with E-state index in [2.05, 4.69) is 15.9 Å². The van der Waals surface area contributed by atoms with E-state index in [1.807, 2.05) is 0 Å². The minimum Gasteiger partial charge on any atom is -0.495 e. The number of benzene rings is 2. The molecule has 0 fully saturated rings. The highest BCUT2D eigenvalue weighted by atomic mass is 79.9. The molecule has 0 N–H and O–H groups in total. The van der Waals surface area contributed by atoms with E-state index in [0.717, 1.165) is 8.78 Å². The average Bonchev–Trinajstić information content (AvgIpc) is 2.49. The van der Waals surface area contributed by atoms with Crippen LogP contribution in [0.4, 0.5) is 5.69 Å². The number of rotatable bonds is 4. The number of hydrogen-bond donors (Lipinski definition) is 0. The molecule has 0 atom stereocenters. The third kappa shape index (κ3) is 3.20. The van der Waals surface area contributed by atoms with Gasteiger partial charge in [-0.2, -0.15) is 0 Å². The number of nitrogens with zero attached hydrogens (tertiary/aromatic N) is 1. The molecule has 0 saturated heterocycles. The van der Waals surface area contributed by atoms with Gasteiger partial charge >= 0.3 is 0 Å². The van der Waals surface area contributed by atoms with Crippen molar-refractivity contribution < 1.29 is 13.2 Å². The van der Waals surface area contributed by atoms with Gasteiger partial charge < -0.3 is 4.74 Å². The molecule has 0 aromatic heterocycles. The Kier molecular flexibility index (Phi) is 5.27. The molecule has 2 aromatic rings. The van der Waals surface area contributed by atoms with Crippen LogP contribution in [0.3, 0.4) is 0 Å². The van der Waals surface area contributed by atoms with Crippen molar-refractivity contribution in [2.75, 3.05) is 18.5 Å². The van der Waals surface area contributed by atoms with E-state index < -0.39 is 10.0 Å². The summed E-state index contributed by atoms with van der Waals surface area (Å²) in [6.45, 7) is 0. The fourth-order valence-corrected chi connectivity index (χ4v) is 4.08. The Morgan fingerprint density at radius 2 is 1.64 bits per heavy atom. The largest absolute Gasteiger partial charge is 0.495 e. The van der Waals surface area contributed by atoms with Crippen LogP contribution >= 0.6 is 39.1 Å². The van der Waals surface area contributed by atoms with Crippen LogP contribution in [0.15, 0.2) is 45.8 Å². The fraction of sp³-hybridized carbons (Fsp3) is 0.143. The van der Waals surface area contributed by atoms with Crippen LogP contribution in [0.25, 0.3) is 0 Å². The SMILES string of the molecule is COc1ccc(S(=O)(=O)N(C)c2ccc(Br)cc2)c(Cl)c1Cl. The molecule has 8 heteroatoms. The number of anilines is 1. The topological polar surface area (TPSA) is 46.6 Å². The summed E-state index contributed by atoms with van der Waals surface area (Å²) in [6, 6.07) is 9.71. The highest BCUT2D eigenvalue weighted by molar-refractivity contribution is 9.10. The van der Waals surface area contributed by atoms with Crippen LogP contribution in [0.5, 0.6) is 5.75 Å². The maximum atomic E-state index is 12.7. The average molecular weight is 425 g/mol. The van der Waals surface area contributed by atoms with E-state index in [0.29, 0.717) is 11.4 Å². The van der Waals surface area contributed by atoms with Crippen molar-refractivity contribution in [3.05, 3.63) is 50.9 Å².